The van der Waals surface area contributed by atoms with Crippen molar-refractivity contribution in [2.75, 3.05) is 13.2 Å². The van der Waals surface area contributed by atoms with Gasteiger partial charge in [0.25, 0.3) is 0 Å². The average Bonchev–Trinajstić information content (AvgIpc) is 2.56. The third-order valence-corrected chi connectivity index (χ3v) is 3.38. The molecule has 1 aliphatic heterocycles. The van der Waals surface area contributed by atoms with E-state index in [4.69, 9.17) is 9.47 Å². The van der Waals surface area contributed by atoms with Gasteiger partial charge in [0.05, 0.1) is 11.1 Å². The first-order valence-corrected chi connectivity index (χ1v) is 7.22. The smallest absolute Gasteiger partial charge is 0.338 e. The molecule has 0 saturated heterocycles. The van der Waals surface area contributed by atoms with Crippen LogP contribution in [0.15, 0.2) is 24.3 Å². The van der Waals surface area contributed by atoms with Crippen molar-refractivity contribution < 1.29 is 19.1 Å². The minimum Gasteiger partial charge on any atom is -0.458 e. The molecule has 2 aliphatic rings. The molecule has 0 aromatic heterocycles. The van der Waals surface area contributed by atoms with Crippen molar-refractivity contribution in [3.05, 3.63) is 35.4 Å². The maximum Gasteiger partial charge on any atom is 0.338 e. The third-order valence-electron chi connectivity index (χ3n) is 3.38. The van der Waals surface area contributed by atoms with Crippen molar-refractivity contribution in [3.8, 4) is 0 Å². The van der Waals surface area contributed by atoms with Gasteiger partial charge in [0, 0.05) is 0 Å². The minimum atomic E-state index is -0.426. The topological polar surface area (TPSA) is 52.6 Å². The molecule has 1 fully saturated rings. The number of fused-ring (bicyclic) bond motifs is 2. The van der Waals surface area contributed by atoms with Gasteiger partial charge in [0.1, 0.15) is 13.2 Å². The lowest BCUT2D eigenvalue weighted by atomic mass is 10.0. The summed E-state index contributed by atoms with van der Waals surface area (Å²) < 4.78 is 9.67. The van der Waals surface area contributed by atoms with Gasteiger partial charge in [-0.3, -0.25) is 0 Å². The number of carbonyl (C=O) groups excluding carboxylic acids is 2. The fourth-order valence-corrected chi connectivity index (χ4v) is 2.27. The predicted octanol–water partition coefficient (Wildman–Crippen LogP) is 3.35. The van der Waals surface area contributed by atoms with Gasteiger partial charge in [0.15, 0.2) is 0 Å². The van der Waals surface area contributed by atoms with Gasteiger partial charge in [-0.15, -0.1) is 0 Å². The highest BCUT2D eigenvalue weighted by molar-refractivity contribution is 5.95. The molecule has 108 valence electrons. The number of hydrogen-bond donors (Lipinski definition) is 0. The Hall–Kier alpha value is -1.84. The van der Waals surface area contributed by atoms with Crippen LogP contribution in [0, 0.1) is 0 Å². The van der Waals surface area contributed by atoms with Crippen molar-refractivity contribution in [2.24, 2.45) is 0 Å². The van der Waals surface area contributed by atoms with Crippen molar-refractivity contribution in [1.82, 2.24) is 0 Å². The Morgan fingerprint density at radius 3 is 1.50 bits per heavy atom. The van der Waals surface area contributed by atoms with Crippen molar-refractivity contribution >= 4 is 11.9 Å². The summed E-state index contributed by atoms with van der Waals surface area (Å²) in [5, 5.41) is 0. The van der Waals surface area contributed by atoms with Crippen LogP contribution in [0.25, 0.3) is 0 Å². The highest BCUT2D eigenvalue weighted by Crippen LogP contribution is 2.15. The van der Waals surface area contributed by atoms with E-state index in [0.717, 1.165) is 0 Å². The van der Waals surface area contributed by atoms with Crippen LogP contribution in [0.5, 0.6) is 0 Å². The first-order chi connectivity index (χ1) is 9.77. The van der Waals surface area contributed by atoms with Gasteiger partial charge in [-0.1, -0.05) is 44.6 Å². The lowest BCUT2D eigenvalue weighted by molar-refractivity contribution is 0.0277. The molecule has 0 amide bonds. The maximum absolute atomic E-state index is 11.3. The highest BCUT2D eigenvalue weighted by Gasteiger charge is 2.14. The van der Waals surface area contributed by atoms with Gasteiger partial charge in [-0.25, -0.2) is 9.59 Å². The molecule has 20 heavy (non-hydrogen) atoms. The maximum atomic E-state index is 11.3. The summed E-state index contributed by atoms with van der Waals surface area (Å²) in [5.41, 5.74) is 0.753. The molecule has 3 rings (SSSR count). The third kappa shape index (κ3) is 4.37. The summed E-state index contributed by atoms with van der Waals surface area (Å²) in [6.07, 6.45) is 9.00. The monoisotopic (exact) mass is 276 g/mol. The van der Waals surface area contributed by atoms with E-state index in [1.165, 1.54) is 44.6 Å². The van der Waals surface area contributed by atoms with Crippen LogP contribution in [-0.2, 0) is 9.47 Å². The molecule has 1 aromatic carbocycles. The molecule has 1 aliphatic carbocycles. The average molecular weight is 276 g/mol. The number of benzene rings is 1. The molecule has 1 aromatic rings. The number of carbonyl (C=O) groups is 2. The summed E-state index contributed by atoms with van der Waals surface area (Å²) in [5.74, 6) is -0.852. The summed E-state index contributed by atoms with van der Waals surface area (Å²) >= 11 is 0. The van der Waals surface area contributed by atoms with E-state index in [1.807, 2.05) is 0 Å². The van der Waals surface area contributed by atoms with E-state index in [1.54, 1.807) is 18.2 Å². The normalized spacial score (nSPS) is 18.4. The standard InChI is InChI=1S/C10H8O4.C6H12/c11-9-7-2-1-3-8(6-7)10(12)14-5-4-13-9;1-2-4-6-5-3-1/h1-3,6H,4-5H2;1-6H2. The molecular weight excluding hydrogens is 256 g/mol. The Morgan fingerprint density at radius 1 is 0.700 bits per heavy atom. The number of hydrogen-bond acceptors (Lipinski definition) is 4. The molecule has 2 bridgehead atoms. The number of esters is 2. The summed E-state index contributed by atoms with van der Waals surface area (Å²) in [4.78, 5) is 22.6. The van der Waals surface area contributed by atoms with E-state index in [0.29, 0.717) is 11.1 Å². The van der Waals surface area contributed by atoms with E-state index in [9.17, 15) is 9.59 Å². The van der Waals surface area contributed by atoms with Crippen LogP contribution < -0.4 is 0 Å². The SMILES string of the molecule is C1CCCCC1.O=C1OCCOC(=O)c2cccc1c2. The van der Waals surface area contributed by atoms with Crippen LogP contribution in [0.2, 0.25) is 0 Å². The van der Waals surface area contributed by atoms with Gasteiger partial charge >= 0.3 is 11.9 Å². The Labute approximate surface area is 119 Å². The first-order valence-electron chi connectivity index (χ1n) is 7.22. The van der Waals surface area contributed by atoms with Crippen LogP contribution in [-0.4, -0.2) is 25.2 Å². The second-order valence-electron chi connectivity index (χ2n) is 4.97. The second kappa shape index (κ2) is 7.68. The second-order valence-corrected chi connectivity index (χ2v) is 4.97. The van der Waals surface area contributed by atoms with Gasteiger partial charge in [-0.05, 0) is 18.2 Å². The molecule has 0 radical (unpaired) electrons. The largest absolute Gasteiger partial charge is 0.458 e. The molecule has 4 nitrogen and oxygen atoms in total. The number of ether oxygens (including phenoxy) is 2. The number of rotatable bonds is 0. The first kappa shape index (κ1) is 14.6. The van der Waals surface area contributed by atoms with Gasteiger partial charge in [0.2, 0.25) is 0 Å². The Morgan fingerprint density at radius 2 is 1.10 bits per heavy atom. The summed E-state index contributed by atoms with van der Waals surface area (Å²) in [6.45, 7) is 0.200. The number of cyclic esters (lactones) is 2. The minimum absolute atomic E-state index is 0.100. The predicted molar refractivity (Wildman–Crippen MR) is 74.7 cm³/mol. The van der Waals surface area contributed by atoms with E-state index < -0.39 is 11.9 Å². The fourth-order valence-electron chi connectivity index (χ4n) is 2.27. The Kier molecular flexibility index (Phi) is 5.59. The van der Waals surface area contributed by atoms with E-state index in [2.05, 4.69) is 0 Å². The lowest BCUT2D eigenvalue weighted by Crippen LogP contribution is -2.10. The molecular formula is C16H20O4. The molecule has 1 heterocycles. The Balaban J connectivity index is 0.000000205. The highest BCUT2D eigenvalue weighted by atomic mass is 16.6. The molecule has 0 N–H and O–H groups in total. The van der Waals surface area contributed by atoms with Gasteiger partial charge in [-0.2, -0.15) is 0 Å². The quantitative estimate of drug-likeness (QED) is 0.682. The zero-order valence-electron chi connectivity index (χ0n) is 11.6. The zero-order chi connectivity index (χ0) is 14.2. The van der Waals surface area contributed by atoms with Crippen molar-refractivity contribution in [2.45, 2.75) is 38.5 Å². The molecule has 4 heteroatoms. The van der Waals surface area contributed by atoms with Crippen molar-refractivity contribution in [3.63, 3.8) is 0 Å². The molecule has 0 unspecified atom stereocenters. The molecule has 1 saturated carbocycles. The van der Waals surface area contributed by atoms with Crippen LogP contribution in [0.3, 0.4) is 0 Å². The lowest BCUT2D eigenvalue weighted by Gasteiger charge is -2.05. The van der Waals surface area contributed by atoms with Crippen LogP contribution >= 0.6 is 0 Å². The van der Waals surface area contributed by atoms with Crippen molar-refractivity contribution in [1.29, 1.82) is 0 Å². The summed E-state index contributed by atoms with van der Waals surface area (Å²) in [6, 6.07) is 6.30. The van der Waals surface area contributed by atoms with Crippen LogP contribution in [0.1, 0.15) is 59.2 Å². The van der Waals surface area contributed by atoms with E-state index in [-0.39, 0.29) is 13.2 Å². The van der Waals surface area contributed by atoms with Gasteiger partial charge < -0.3 is 9.47 Å². The fraction of sp³-hybridized carbons (Fsp3) is 0.500. The Bertz CT molecular complexity index is 419. The zero-order valence-corrected chi connectivity index (χ0v) is 11.6. The van der Waals surface area contributed by atoms with Crippen LogP contribution in [0.4, 0.5) is 0 Å². The molecule has 0 atom stereocenters. The molecule has 0 spiro atoms. The van der Waals surface area contributed by atoms with E-state index >= 15 is 0 Å². The summed E-state index contributed by atoms with van der Waals surface area (Å²) in [7, 11) is 0.